The van der Waals surface area contributed by atoms with Crippen LogP contribution in [0.2, 0.25) is 0 Å². The maximum Gasteiger partial charge on any atom is 0.244 e. The summed E-state index contributed by atoms with van der Waals surface area (Å²) in [5, 5.41) is 2.93. The van der Waals surface area contributed by atoms with Gasteiger partial charge in [0.2, 0.25) is 11.7 Å². The Bertz CT molecular complexity index is 891. The van der Waals surface area contributed by atoms with Crippen LogP contribution >= 0.6 is 0 Å². The Morgan fingerprint density at radius 1 is 1.03 bits per heavy atom. The van der Waals surface area contributed by atoms with Gasteiger partial charge in [-0.3, -0.25) is 4.79 Å². The average Bonchev–Trinajstić information content (AvgIpc) is 2.76. The van der Waals surface area contributed by atoms with E-state index in [1.165, 1.54) is 6.08 Å². The van der Waals surface area contributed by atoms with E-state index in [0.29, 0.717) is 42.0 Å². The lowest BCUT2D eigenvalue weighted by Crippen LogP contribution is -2.25. The molecule has 7 heteroatoms. The topological polar surface area (TPSA) is 75.3 Å². The second-order valence-corrected chi connectivity index (χ2v) is 6.42. The molecule has 0 fully saturated rings. The molecule has 1 atom stereocenters. The van der Waals surface area contributed by atoms with Crippen molar-refractivity contribution in [2.75, 3.05) is 34.5 Å². The molecule has 2 aromatic carbocycles. The lowest BCUT2D eigenvalue weighted by Gasteiger charge is -2.21. The molecule has 0 spiro atoms. The van der Waals surface area contributed by atoms with Crippen molar-refractivity contribution in [3.8, 4) is 28.7 Å². The maximum absolute atomic E-state index is 12.4. The van der Waals surface area contributed by atoms with E-state index >= 15 is 0 Å². The molecule has 2 aromatic rings. The SMILES string of the molecule is COc1ccc(OC)c([C@H](C)NC(=O)/C=C/c2cc(OC)c3c(c2)OCCO3)c1. The summed E-state index contributed by atoms with van der Waals surface area (Å²) in [5.74, 6) is 2.89. The van der Waals surface area contributed by atoms with Crippen LogP contribution in [0.4, 0.5) is 0 Å². The summed E-state index contributed by atoms with van der Waals surface area (Å²) in [7, 11) is 4.76. The van der Waals surface area contributed by atoms with Gasteiger partial charge in [-0.25, -0.2) is 0 Å². The number of hydrogen-bond donors (Lipinski definition) is 1. The molecule has 3 rings (SSSR count). The molecule has 154 valence electrons. The maximum atomic E-state index is 12.4. The van der Waals surface area contributed by atoms with E-state index in [4.69, 9.17) is 23.7 Å². The predicted octanol–water partition coefficient (Wildman–Crippen LogP) is 3.37. The third-order valence-corrected chi connectivity index (χ3v) is 4.54. The smallest absolute Gasteiger partial charge is 0.244 e. The molecule has 1 amide bonds. The minimum absolute atomic E-state index is 0.240. The molecule has 1 aliphatic rings. The van der Waals surface area contributed by atoms with Crippen LogP contribution in [0.1, 0.15) is 24.1 Å². The number of nitrogens with one attached hydrogen (secondary N) is 1. The predicted molar refractivity (Wildman–Crippen MR) is 109 cm³/mol. The van der Waals surface area contributed by atoms with E-state index in [1.54, 1.807) is 33.5 Å². The van der Waals surface area contributed by atoms with Crippen LogP contribution in [-0.2, 0) is 4.79 Å². The average molecular weight is 399 g/mol. The van der Waals surface area contributed by atoms with Gasteiger partial charge in [-0.15, -0.1) is 0 Å². The third-order valence-electron chi connectivity index (χ3n) is 4.54. The van der Waals surface area contributed by atoms with E-state index in [2.05, 4.69) is 5.32 Å². The molecule has 0 radical (unpaired) electrons. The highest BCUT2D eigenvalue weighted by Gasteiger charge is 2.18. The van der Waals surface area contributed by atoms with Crippen molar-refractivity contribution in [3.63, 3.8) is 0 Å². The number of carbonyl (C=O) groups is 1. The molecule has 29 heavy (non-hydrogen) atoms. The quantitative estimate of drug-likeness (QED) is 0.720. The Kier molecular flexibility index (Phi) is 6.49. The zero-order valence-electron chi connectivity index (χ0n) is 17.0. The van der Waals surface area contributed by atoms with Crippen molar-refractivity contribution in [3.05, 3.63) is 47.5 Å². The Morgan fingerprint density at radius 2 is 1.79 bits per heavy atom. The normalized spacial score (nSPS) is 13.7. The molecular weight excluding hydrogens is 374 g/mol. The number of fused-ring (bicyclic) bond motifs is 1. The number of ether oxygens (including phenoxy) is 5. The Balaban J connectivity index is 1.73. The highest BCUT2D eigenvalue weighted by molar-refractivity contribution is 5.92. The van der Waals surface area contributed by atoms with E-state index in [9.17, 15) is 4.79 Å². The van der Waals surface area contributed by atoms with Crippen LogP contribution in [0.3, 0.4) is 0 Å². The summed E-state index contributed by atoms with van der Waals surface area (Å²) in [4.78, 5) is 12.4. The van der Waals surface area contributed by atoms with Crippen LogP contribution < -0.4 is 29.0 Å². The van der Waals surface area contributed by atoms with Gasteiger partial charge in [0.05, 0.1) is 27.4 Å². The first kappa shape index (κ1) is 20.4. The molecule has 1 N–H and O–H groups in total. The fraction of sp³-hybridized carbons (Fsp3) is 0.318. The second-order valence-electron chi connectivity index (χ2n) is 6.42. The van der Waals surface area contributed by atoms with Gasteiger partial charge < -0.3 is 29.0 Å². The first-order chi connectivity index (χ1) is 14.0. The summed E-state index contributed by atoms with van der Waals surface area (Å²) >= 11 is 0. The number of rotatable bonds is 7. The minimum Gasteiger partial charge on any atom is -0.497 e. The largest absolute Gasteiger partial charge is 0.497 e. The highest BCUT2D eigenvalue weighted by atomic mass is 16.6. The van der Waals surface area contributed by atoms with E-state index in [-0.39, 0.29) is 11.9 Å². The van der Waals surface area contributed by atoms with E-state index in [1.807, 2.05) is 31.2 Å². The van der Waals surface area contributed by atoms with Crippen LogP contribution in [0.25, 0.3) is 6.08 Å². The zero-order chi connectivity index (χ0) is 20.8. The van der Waals surface area contributed by atoms with Gasteiger partial charge in [0.15, 0.2) is 11.5 Å². The molecule has 0 bridgehead atoms. The number of methoxy groups -OCH3 is 3. The first-order valence-corrected chi connectivity index (χ1v) is 9.23. The molecule has 0 aromatic heterocycles. The van der Waals surface area contributed by atoms with Gasteiger partial charge >= 0.3 is 0 Å². The lowest BCUT2D eigenvalue weighted by atomic mass is 10.1. The second kappa shape index (κ2) is 9.23. The van der Waals surface area contributed by atoms with E-state index < -0.39 is 0 Å². The lowest BCUT2D eigenvalue weighted by molar-refractivity contribution is -0.117. The highest BCUT2D eigenvalue weighted by Crippen LogP contribution is 2.40. The molecule has 0 saturated heterocycles. The molecule has 0 saturated carbocycles. The Labute approximate surface area is 170 Å². The Morgan fingerprint density at radius 3 is 2.52 bits per heavy atom. The number of hydrogen-bond acceptors (Lipinski definition) is 6. The van der Waals surface area contributed by atoms with Crippen LogP contribution in [-0.4, -0.2) is 40.5 Å². The summed E-state index contributed by atoms with van der Waals surface area (Å²) in [6.45, 7) is 2.84. The van der Waals surface area contributed by atoms with E-state index in [0.717, 1.165) is 11.1 Å². The molecule has 0 unspecified atom stereocenters. The summed E-state index contributed by atoms with van der Waals surface area (Å²) in [5.41, 5.74) is 1.60. The monoisotopic (exact) mass is 399 g/mol. The van der Waals surface area contributed by atoms with Crippen molar-refractivity contribution in [1.82, 2.24) is 5.32 Å². The van der Waals surface area contributed by atoms with Gasteiger partial charge in [0.25, 0.3) is 0 Å². The molecular formula is C22H25NO6. The minimum atomic E-state index is -0.271. The van der Waals surface area contributed by atoms with Crippen molar-refractivity contribution < 1.29 is 28.5 Å². The standard InChI is InChI=1S/C22H25NO6/c1-14(17-13-16(25-2)6-7-18(17)26-3)23-21(24)8-5-15-11-19(27-4)22-20(12-15)28-9-10-29-22/h5-8,11-14H,9-10H2,1-4H3,(H,23,24)/b8-5+/t14-/m0/s1. The number of benzene rings is 2. The van der Waals surface area contributed by atoms with Crippen LogP contribution in [0.15, 0.2) is 36.4 Å². The van der Waals surface area contributed by atoms with Gasteiger partial charge in [0, 0.05) is 11.6 Å². The van der Waals surface area contributed by atoms with Crippen LogP contribution in [0, 0.1) is 0 Å². The molecule has 1 heterocycles. The third kappa shape index (κ3) is 4.74. The van der Waals surface area contributed by atoms with Crippen LogP contribution in [0.5, 0.6) is 28.7 Å². The zero-order valence-corrected chi connectivity index (χ0v) is 17.0. The van der Waals surface area contributed by atoms with Gasteiger partial charge in [-0.2, -0.15) is 0 Å². The van der Waals surface area contributed by atoms with Gasteiger partial charge in [0.1, 0.15) is 24.7 Å². The summed E-state index contributed by atoms with van der Waals surface area (Å²) < 4.78 is 27.2. The first-order valence-electron chi connectivity index (χ1n) is 9.23. The van der Waals surface area contributed by atoms with Crippen molar-refractivity contribution in [2.45, 2.75) is 13.0 Å². The van der Waals surface area contributed by atoms with Crippen molar-refractivity contribution in [1.29, 1.82) is 0 Å². The van der Waals surface area contributed by atoms with Gasteiger partial charge in [-0.05, 0) is 48.9 Å². The molecule has 0 aliphatic carbocycles. The molecule has 7 nitrogen and oxygen atoms in total. The fourth-order valence-electron chi connectivity index (χ4n) is 3.08. The van der Waals surface area contributed by atoms with Crippen molar-refractivity contribution >= 4 is 12.0 Å². The summed E-state index contributed by atoms with van der Waals surface area (Å²) in [6.07, 6.45) is 3.17. The summed E-state index contributed by atoms with van der Waals surface area (Å²) in [6, 6.07) is 8.81. The van der Waals surface area contributed by atoms with Crippen molar-refractivity contribution in [2.24, 2.45) is 0 Å². The number of carbonyl (C=O) groups excluding carboxylic acids is 1. The number of amides is 1. The molecule has 1 aliphatic heterocycles. The fourth-order valence-corrected chi connectivity index (χ4v) is 3.08. The van der Waals surface area contributed by atoms with Gasteiger partial charge in [-0.1, -0.05) is 0 Å². The Hall–Kier alpha value is -3.35.